The maximum absolute atomic E-state index is 11.2. The molecule has 0 saturated carbocycles. The monoisotopic (exact) mass is 257 g/mol. The van der Waals surface area contributed by atoms with Crippen LogP contribution in [0.1, 0.15) is 19.4 Å². The number of nitrogens with one attached hydrogen (secondary N) is 1. The van der Waals surface area contributed by atoms with Crippen LogP contribution in [0.2, 0.25) is 0 Å². The van der Waals surface area contributed by atoms with Crippen molar-refractivity contribution in [2.75, 3.05) is 7.05 Å². The number of nitrogens with zero attached hydrogens (tertiary/aromatic N) is 1. The zero-order chi connectivity index (χ0) is 14.1. The standard InChI is InChI=1S/C14H14N2O.C2H6/c1-15-14(17)11-12-5-7-13(8-6-12)16-9-3-2-4-10-16;1-2/h2-10H,11H2,1H3;1-2H3/p+1. The molecule has 0 aliphatic carbocycles. The number of hydrogen-bond acceptors (Lipinski definition) is 1. The molecule has 1 amide bonds. The van der Waals surface area contributed by atoms with Gasteiger partial charge in [0.2, 0.25) is 11.6 Å². The SMILES string of the molecule is CC.CNC(=O)Cc1ccc(-[n+]2ccccc2)cc1. The summed E-state index contributed by atoms with van der Waals surface area (Å²) in [6, 6.07) is 13.9. The molecule has 2 rings (SSSR count). The van der Waals surface area contributed by atoms with Gasteiger partial charge in [0.1, 0.15) is 0 Å². The fraction of sp³-hybridized carbons (Fsp3) is 0.250. The normalized spacial score (nSPS) is 9.21. The molecular weight excluding hydrogens is 236 g/mol. The molecule has 1 N–H and O–H groups in total. The minimum Gasteiger partial charge on any atom is -0.359 e. The molecule has 19 heavy (non-hydrogen) atoms. The topological polar surface area (TPSA) is 33.0 Å². The molecule has 0 radical (unpaired) electrons. The molecule has 0 spiro atoms. The van der Waals surface area contributed by atoms with E-state index in [-0.39, 0.29) is 5.91 Å². The van der Waals surface area contributed by atoms with Gasteiger partial charge in [0, 0.05) is 31.3 Å². The summed E-state index contributed by atoms with van der Waals surface area (Å²) in [5.41, 5.74) is 2.11. The van der Waals surface area contributed by atoms with Gasteiger partial charge in [-0.1, -0.05) is 32.0 Å². The Bertz CT molecular complexity index is 492. The van der Waals surface area contributed by atoms with Crippen LogP contribution in [-0.2, 0) is 11.2 Å². The van der Waals surface area contributed by atoms with Crippen LogP contribution in [0.5, 0.6) is 0 Å². The molecule has 3 heteroatoms. The molecule has 0 aliphatic heterocycles. The highest BCUT2D eigenvalue weighted by atomic mass is 16.1. The van der Waals surface area contributed by atoms with Crippen molar-refractivity contribution in [3.8, 4) is 5.69 Å². The Morgan fingerprint density at radius 1 is 1.05 bits per heavy atom. The van der Waals surface area contributed by atoms with Gasteiger partial charge in [0.25, 0.3) is 0 Å². The number of rotatable bonds is 3. The largest absolute Gasteiger partial charge is 0.359 e. The zero-order valence-corrected chi connectivity index (χ0v) is 11.8. The summed E-state index contributed by atoms with van der Waals surface area (Å²) < 4.78 is 2.03. The van der Waals surface area contributed by atoms with E-state index in [1.54, 1.807) is 7.05 Å². The number of hydrogen-bond donors (Lipinski definition) is 1. The van der Waals surface area contributed by atoms with Crippen molar-refractivity contribution < 1.29 is 9.36 Å². The molecule has 1 aromatic heterocycles. The van der Waals surface area contributed by atoms with Crippen LogP contribution < -0.4 is 9.88 Å². The molecular formula is C16H21N2O+. The molecule has 1 heterocycles. The molecule has 2 aromatic rings. The van der Waals surface area contributed by atoms with E-state index in [9.17, 15) is 4.79 Å². The van der Waals surface area contributed by atoms with E-state index < -0.39 is 0 Å². The Hall–Kier alpha value is -2.16. The van der Waals surface area contributed by atoms with Crippen molar-refractivity contribution >= 4 is 5.91 Å². The molecule has 100 valence electrons. The lowest BCUT2D eigenvalue weighted by Crippen LogP contribution is -2.28. The molecule has 3 nitrogen and oxygen atoms in total. The van der Waals surface area contributed by atoms with Crippen LogP contribution in [0, 0.1) is 0 Å². The van der Waals surface area contributed by atoms with E-state index in [0.29, 0.717) is 6.42 Å². The average Bonchev–Trinajstić information content (AvgIpc) is 2.51. The fourth-order valence-corrected chi connectivity index (χ4v) is 1.63. The average molecular weight is 257 g/mol. The van der Waals surface area contributed by atoms with E-state index in [1.807, 2.05) is 73.3 Å². The van der Waals surface area contributed by atoms with Crippen molar-refractivity contribution in [3.05, 3.63) is 60.4 Å². The summed E-state index contributed by atoms with van der Waals surface area (Å²) in [7, 11) is 1.65. The van der Waals surface area contributed by atoms with Gasteiger partial charge in [-0.25, -0.2) is 0 Å². The Kier molecular flexibility index (Phi) is 6.30. The zero-order valence-electron chi connectivity index (χ0n) is 11.8. The van der Waals surface area contributed by atoms with E-state index >= 15 is 0 Å². The van der Waals surface area contributed by atoms with Crippen molar-refractivity contribution in [1.29, 1.82) is 0 Å². The lowest BCUT2D eigenvalue weighted by atomic mass is 10.1. The molecule has 1 aromatic carbocycles. The van der Waals surface area contributed by atoms with Gasteiger partial charge < -0.3 is 5.32 Å². The first-order valence-electron chi connectivity index (χ1n) is 6.56. The number of carbonyl (C=O) groups excluding carboxylic acids is 1. The molecule has 0 atom stereocenters. The third-order valence-corrected chi connectivity index (χ3v) is 2.59. The van der Waals surface area contributed by atoms with Gasteiger partial charge in [0.05, 0.1) is 6.42 Å². The van der Waals surface area contributed by atoms with Gasteiger partial charge in [-0.3, -0.25) is 4.79 Å². The van der Waals surface area contributed by atoms with Gasteiger partial charge in [-0.05, 0) is 5.56 Å². The summed E-state index contributed by atoms with van der Waals surface area (Å²) in [4.78, 5) is 11.2. The first-order valence-corrected chi connectivity index (χ1v) is 6.56. The minimum absolute atomic E-state index is 0.0325. The highest BCUT2D eigenvalue weighted by Crippen LogP contribution is 2.04. The van der Waals surface area contributed by atoms with E-state index in [1.165, 1.54) is 0 Å². The third-order valence-electron chi connectivity index (χ3n) is 2.59. The van der Waals surface area contributed by atoms with Crippen molar-refractivity contribution in [1.82, 2.24) is 5.32 Å². The van der Waals surface area contributed by atoms with Crippen LogP contribution in [0.3, 0.4) is 0 Å². The summed E-state index contributed by atoms with van der Waals surface area (Å²) >= 11 is 0. The Balaban J connectivity index is 0.000000861. The summed E-state index contributed by atoms with van der Waals surface area (Å²) in [5.74, 6) is 0.0325. The van der Waals surface area contributed by atoms with Crippen LogP contribution in [-0.4, -0.2) is 13.0 Å². The quantitative estimate of drug-likeness (QED) is 0.841. The highest BCUT2D eigenvalue weighted by molar-refractivity contribution is 5.78. The minimum atomic E-state index is 0.0325. The predicted molar refractivity (Wildman–Crippen MR) is 77.1 cm³/mol. The van der Waals surface area contributed by atoms with E-state index in [4.69, 9.17) is 0 Å². The Labute approximate surface area is 114 Å². The molecule has 0 aliphatic rings. The lowest BCUT2D eigenvalue weighted by molar-refractivity contribution is -0.595. The van der Waals surface area contributed by atoms with Crippen molar-refractivity contribution in [3.63, 3.8) is 0 Å². The summed E-state index contributed by atoms with van der Waals surface area (Å²) in [6.45, 7) is 4.00. The second kappa shape index (κ2) is 8.03. The first kappa shape index (κ1) is 14.9. The van der Waals surface area contributed by atoms with Gasteiger partial charge in [-0.15, -0.1) is 0 Å². The number of benzene rings is 1. The molecule has 0 unspecified atom stereocenters. The van der Waals surface area contributed by atoms with E-state index in [2.05, 4.69) is 5.32 Å². The molecule has 0 bridgehead atoms. The smallest absolute Gasteiger partial charge is 0.224 e. The lowest BCUT2D eigenvalue weighted by Gasteiger charge is -2.00. The van der Waals surface area contributed by atoms with Crippen LogP contribution in [0.4, 0.5) is 0 Å². The summed E-state index contributed by atoms with van der Waals surface area (Å²) in [6.07, 6.45) is 4.41. The second-order valence-electron chi connectivity index (χ2n) is 3.80. The first-order chi connectivity index (χ1) is 9.29. The van der Waals surface area contributed by atoms with Crippen LogP contribution in [0.15, 0.2) is 54.9 Å². The van der Waals surface area contributed by atoms with E-state index in [0.717, 1.165) is 11.3 Å². The fourth-order valence-electron chi connectivity index (χ4n) is 1.63. The van der Waals surface area contributed by atoms with Gasteiger partial charge in [0.15, 0.2) is 12.4 Å². The van der Waals surface area contributed by atoms with Crippen LogP contribution in [0.25, 0.3) is 5.69 Å². The number of likely N-dealkylation sites (N-methyl/N-ethyl adjacent to an activating group) is 1. The van der Waals surface area contributed by atoms with Crippen molar-refractivity contribution in [2.24, 2.45) is 0 Å². The number of amides is 1. The highest BCUT2D eigenvalue weighted by Gasteiger charge is 2.05. The molecule has 0 fully saturated rings. The third kappa shape index (κ3) is 4.54. The Morgan fingerprint density at radius 2 is 1.63 bits per heavy atom. The van der Waals surface area contributed by atoms with Crippen LogP contribution >= 0.6 is 0 Å². The van der Waals surface area contributed by atoms with Gasteiger partial charge >= 0.3 is 0 Å². The maximum atomic E-state index is 11.2. The van der Waals surface area contributed by atoms with Crippen molar-refractivity contribution in [2.45, 2.75) is 20.3 Å². The molecule has 0 saturated heterocycles. The summed E-state index contributed by atoms with van der Waals surface area (Å²) in [5, 5.41) is 2.62. The second-order valence-corrected chi connectivity index (χ2v) is 3.80. The predicted octanol–water partition coefficient (Wildman–Crippen LogP) is 2.28. The Morgan fingerprint density at radius 3 is 2.16 bits per heavy atom. The number of aromatic nitrogens is 1. The number of pyridine rings is 1. The maximum Gasteiger partial charge on any atom is 0.224 e. The van der Waals surface area contributed by atoms with Gasteiger partial charge in [-0.2, -0.15) is 4.57 Å². The number of carbonyl (C=O) groups is 1.